The van der Waals surface area contributed by atoms with Crippen LogP contribution in [0.1, 0.15) is 11.7 Å². The van der Waals surface area contributed by atoms with Crippen molar-refractivity contribution in [3.63, 3.8) is 0 Å². The van der Waals surface area contributed by atoms with Crippen LogP contribution in [0.2, 0.25) is 10.0 Å². The van der Waals surface area contributed by atoms with E-state index in [-0.39, 0.29) is 5.02 Å². The van der Waals surface area contributed by atoms with Crippen LogP contribution in [0.15, 0.2) is 24.5 Å². The molecule has 0 amide bonds. The largest absolute Gasteiger partial charge is 0.381 e. The SMILES string of the molecule is Nc1nccnc1N1CCO[C@@H](c2cc(F)c(Cl)cc2Cl)C1. The van der Waals surface area contributed by atoms with E-state index >= 15 is 0 Å². The van der Waals surface area contributed by atoms with Crippen LogP contribution in [0.4, 0.5) is 16.0 Å². The molecular weight excluding hydrogens is 330 g/mol. The first-order valence-corrected chi connectivity index (χ1v) is 7.39. The molecule has 2 N–H and O–H groups in total. The molecule has 1 aromatic heterocycles. The van der Waals surface area contributed by atoms with Crippen molar-refractivity contribution in [1.82, 2.24) is 9.97 Å². The highest BCUT2D eigenvalue weighted by Crippen LogP contribution is 2.33. The molecule has 0 radical (unpaired) electrons. The van der Waals surface area contributed by atoms with Gasteiger partial charge in [-0.3, -0.25) is 0 Å². The third-order valence-electron chi connectivity index (χ3n) is 3.46. The Kier molecular flexibility index (Phi) is 4.33. The topological polar surface area (TPSA) is 64.3 Å². The zero-order chi connectivity index (χ0) is 15.7. The second kappa shape index (κ2) is 6.24. The van der Waals surface area contributed by atoms with Crippen LogP contribution in [-0.2, 0) is 4.74 Å². The molecule has 2 aromatic rings. The quantitative estimate of drug-likeness (QED) is 0.849. The fourth-order valence-corrected chi connectivity index (χ4v) is 2.90. The van der Waals surface area contributed by atoms with E-state index in [2.05, 4.69) is 9.97 Å². The maximum atomic E-state index is 13.7. The first kappa shape index (κ1) is 15.3. The lowest BCUT2D eigenvalue weighted by Gasteiger charge is -2.34. The predicted molar refractivity (Wildman–Crippen MR) is 83.8 cm³/mol. The summed E-state index contributed by atoms with van der Waals surface area (Å²) in [5, 5.41) is 0.352. The molecule has 1 aliphatic heterocycles. The lowest BCUT2D eigenvalue weighted by Crippen LogP contribution is -2.39. The van der Waals surface area contributed by atoms with E-state index in [4.69, 9.17) is 33.7 Å². The van der Waals surface area contributed by atoms with Crippen molar-refractivity contribution in [2.45, 2.75) is 6.10 Å². The molecule has 3 rings (SSSR count). The molecule has 1 aliphatic rings. The maximum absolute atomic E-state index is 13.7. The van der Waals surface area contributed by atoms with E-state index in [9.17, 15) is 4.39 Å². The summed E-state index contributed by atoms with van der Waals surface area (Å²) in [7, 11) is 0. The number of hydrogen-bond acceptors (Lipinski definition) is 5. The molecule has 0 saturated carbocycles. The number of aromatic nitrogens is 2. The van der Waals surface area contributed by atoms with Crippen LogP contribution in [-0.4, -0.2) is 29.7 Å². The zero-order valence-electron chi connectivity index (χ0n) is 11.5. The Morgan fingerprint density at radius 1 is 1.23 bits per heavy atom. The number of halogens is 3. The molecule has 1 atom stereocenters. The Morgan fingerprint density at radius 2 is 2.00 bits per heavy atom. The second-order valence-corrected chi connectivity index (χ2v) is 5.67. The Bertz CT molecular complexity index is 701. The Hall–Kier alpha value is -1.63. The molecule has 22 heavy (non-hydrogen) atoms. The molecule has 0 spiro atoms. The normalized spacial score (nSPS) is 18.5. The van der Waals surface area contributed by atoms with E-state index in [1.165, 1.54) is 18.3 Å². The van der Waals surface area contributed by atoms with Gasteiger partial charge in [-0.15, -0.1) is 0 Å². The zero-order valence-corrected chi connectivity index (χ0v) is 13.0. The molecule has 5 nitrogen and oxygen atoms in total. The number of ether oxygens (including phenoxy) is 1. The molecule has 2 heterocycles. The summed E-state index contributed by atoms with van der Waals surface area (Å²) in [6, 6.07) is 2.69. The number of benzene rings is 1. The lowest BCUT2D eigenvalue weighted by atomic mass is 10.1. The van der Waals surface area contributed by atoms with Crippen molar-refractivity contribution in [3.8, 4) is 0 Å². The van der Waals surface area contributed by atoms with Crippen LogP contribution in [0.5, 0.6) is 0 Å². The van der Waals surface area contributed by atoms with Gasteiger partial charge in [-0.1, -0.05) is 23.2 Å². The van der Waals surface area contributed by atoms with Crippen molar-refractivity contribution in [3.05, 3.63) is 46.0 Å². The van der Waals surface area contributed by atoms with Crippen molar-refractivity contribution >= 4 is 34.8 Å². The van der Waals surface area contributed by atoms with E-state index in [1.807, 2.05) is 4.90 Å². The highest BCUT2D eigenvalue weighted by molar-refractivity contribution is 6.35. The van der Waals surface area contributed by atoms with Crippen LogP contribution in [0, 0.1) is 5.82 Å². The minimum absolute atomic E-state index is 0.0143. The average Bonchev–Trinajstić information content (AvgIpc) is 2.51. The van der Waals surface area contributed by atoms with Gasteiger partial charge in [0, 0.05) is 29.5 Å². The third-order valence-corrected chi connectivity index (χ3v) is 4.08. The van der Waals surface area contributed by atoms with E-state index < -0.39 is 11.9 Å². The van der Waals surface area contributed by atoms with Crippen molar-refractivity contribution in [2.24, 2.45) is 0 Å². The highest BCUT2D eigenvalue weighted by atomic mass is 35.5. The summed E-state index contributed by atoms with van der Waals surface area (Å²) < 4.78 is 19.4. The molecule has 0 aliphatic carbocycles. The Morgan fingerprint density at radius 3 is 2.77 bits per heavy atom. The first-order chi connectivity index (χ1) is 10.6. The Balaban J connectivity index is 1.88. The summed E-state index contributed by atoms with van der Waals surface area (Å²) in [6.45, 7) is 1.51. The van der Waals surface area contributed by atoms with Gasteiger partial charge in [0.1, 0.15) is 11.9 Å². The predicted octanol–water partition coefficient (Wildman–Crippen LogP) is 3.08. The van der Waals surface area contributed by atoms with Gasteiger partial charge in [-0.2, -0.15) is 0 Å². The Labute approximate surface area is 136 Å². The first-order valence-electron chi connectivity index (χ1n) is 6.63. The molecule has 1 aromatic carbocycles. The van der Waals surface area contributed by atoms with Gasteiger partial charge in [-0.05, 0) is 12.1 Å². The third kappa shape index (κ3) is 2.95. The number of morpholine rings is 1. The van der Waals surface area contributed by atoms with Crippen molar-refractivity contribution in [1.29, 1.82) is 0 Å². The monoisotopic (exact) mass is 342 g/mol. The maximum Gasteiger partial charge on any atom is 0.171 e. The second-order valence-electron chi connectivity index (χ2n) is 4.86. The lowest BCUT2D eigenvalue weighted by molar-refractivity contribution is 0.0394. The molecule has 0 unspecified atom stereocenters. The number of rotatable bonds is 2. The molecule has 1 fully saturated rings. The van der Waals surface area contributed by atoms with Gasteiger partial charge in [0.05, 0.1) is 18.2 Å². The fraction of sp³-hybridized carbons (Fsp3) is 0.286. The summed E-state index contributed by atoms with van der Waals surface area (Å²) in [5.41, 5.74) is 6.40. The van der Waals surface area contributed by atoms with E-state index in [1.54, 1.807) is 6.20 Å². The summed E-state index contributed by atoms with van der Waals surface area (Å²) in [4.78, 5) is 10.2. The van der Waals surface area contributed by atoms with Crippen molar-refractivity contribution < 1.29 is 9.13 Å². The molecule has 1 saturated heterocycles. The fourth-order valence-electron chi connectivity index (χ4n) is 2.40. The van der Waals surface area contributed by atoms with Gasteiger partial charge in [0.15, 0.2) is 11.6 Å². The summed E-state index contributed by atoms with van der Waals surface area (Å²) >= 11 is 11.9. The number of nitrogens with zero attached hydrogens (tertiary/aromatic N) is 3. The van der Waals surface area contributed by atoms with Gasteiger partial charge >= 0.3 is 0 Å². The molecular formula is C14H13Cl2FN4O. The number of anilines is 2. The number of hydrogen-bond donors (Lipinski definition) is 1. The van der Waals surface area contributed by atoms with Gasteiger partial charge in [-0.25, -0.2) is 14.4 Å². The molecule has 116 valence electrons. The number of nitrogen functional groups attached to an aromatic ring is 1. The summed E-state index contributed by atoms with van der Waals surface area (Å²) in [5.74, 6) is 0.402. The van der Waals surface area contributed by atoms with Crippen LogP contribution in [0.3, 0.4) is 0 Å². The minimum Gasteiger partial charge on any atom is -0.381 e. The van der Waals surface area contributed by atoms with E-state index in [0.717, 1.165) is 0 Å². The van der Waals surface area contributed by atoms with Gasteiger partial charge in [0.2, 0.25) is 0 Å². The highest BCUT2D eigenvalue weighted by Gasteiger charge is 2.26. The standard InChI is InChI=1S/C14H13Cl2FN4O/c15-9-6-10(16)11(17)5-8(9)12-7-21(3-4-22-12)14-13(18)19-1-2-20-14/h1-2,5-6,12H,3-4,7H2,(H2,18,19)/t12-/m1/s1. The molecule has 0 bridgehead atoms. The van der Waals surface area contributed by atoms with E-state index in [0.29, 0.717) is 41.9 Å². The van der Waals surface area contributed by atoms with Gasteiger partial charge < -0.3 is 15.4 Å². The van der Waals surface area contributed by atoms with Crippen LogP contribution in [0.25, 0.3) is 0 Å². The smallest absolute Gasteiger partial charge is 0.171 e. The van der Waals surface area contributed by atoms with Crippen LogP contribution >= 0.6 is 23.2 Å². The number of nitrogens with two attached hydrogens (primary N) is 1. The average molecular weight is 343 g/mol. The van der Waals surface area contributed by atoms with Gasteiger partial charge in [0.25, 0.3) is 0 Å². The van der Waals surface area contributed by atoms with Crippen LogP contribution < -0.4 is 10.6 Å². The summed E-state index contributed by atoms with van der Waals surface area (Å²) in [6.07, 6.45) is 2.71. The molecule has 8 heteroatoms. The minimum atomic E-state index is -0.527. The van der Waals surface area contributed by atoms with Crippen molar-refractivity contribution in [2.75, 3.05) is 30.3 Å².